The lowest BCUT2D eigenvalue weighted by atomic mass is 10.1. The fourth-order valence-corrected chi connectivity index (χ4v) is 4.57. The molecular formula is C24H22N4O3S. The lowest BCUT2D eigenvalue weighted by Gasteiger charge is -2.28. The number of benzene rings is 2. The Kier molecular flexibility index (Phi) is 5.70. The van der Waals surface area contributed by atoms with Gasteiger partial charge in [0.15, 0.2) is 0 Å². The number of rotatable bonds is 5. The van der Waals surface area contributed by atoms with Crippen molar-refractivity contribution in [1.29, 1.82) is 0 Å². The van der Waals surface area contributed by atoms with Crippen molar-refractivity contribution >= 4 is 39.4 Å². The van der Waals surface area contributed by atoms with Gasteiger partial charge in [-0.25, -0.2) is 4.68 Å². The molecule has 1 amide bonds. The van der Waals surface area contributed by atoms with Crippen LogP contribution < -0.4 is 15.8 Å². The molecule has 2 aromatic carbocycles. The van der Waals surface area contributed by atoms with E-state index < -0.39 is 0 Å². The molecule has 0 saturated carbocycles. The molecular weight excluding hydrogens is 424 g/mol. The molecule has 0 spiro atoms. The van der Waals surface area contributed by atoms with E-state index in [1.165, 1.54) is 4.68 Å². The summed E-state index contributed by atoms with van der Waals surface area (Å²) in [6.07, 6.45) is 0. The number of ether oxygens (including phenoxy) is 1. The summed E-state index contributed by atoms with van der Waals surface area (Å²) < 4.78 is 6.64. The summed E-state index contributed by atoms with van der Waals surface area (Å²) in [5.41, 5.74) is 2.20. The van der Waals surface area contributed by atoms with Gasteiger partial charge in [0.05, 0.1) is 23.5 Å². The molecule has 4 aromatic rings. The van der Waals surface area contributed by atoms with Crippen molar-refractivity contribution in [2.24, 2.45) is 0 Å². The quantitative estimate of drug-likeness (QED) is 0.507. The minimum Gasteiger partial charge on any atom is -0.378 e. The molecule has 1 saturated heterocycles. The van der Waals surface area contributed by atoms with Crippen molar-refractivity contribution in [1.82, 2.24) is 9.78 Å². The van der Waals surface area contributed by atoms with Crippen LogP contribution in [0.1, 0.15) is 0 Å². The summed E-state index contributed by atoms with van der Waals surface area (Å²) in [4.78, 5) is 28.9. The topological polar surface area (TPSA) is 76.5 Å². The fraction of sp³-hybridized carbons (Fsp3) is 0.208. The zero-order chi connectivity index (χ0) is 21.9. The van der Waals surface area contributed by atoms with Crippen molar-refractivity contribution in [3.8, 4) is 10.6 Å². The highest BCUT2D eigenvalue weighted by molar-refractivity contribution is 7.13. The van der Waals surface area contributed by atoms with E-state index in [1.54, 1.807) is 17.4 Å². The van der Waals surface area contributed by atoms with Crippen molar-refractivity contribution in [2.75, 3.05) is 36.5 Å². The molecule has 5 rings (SSSR count). The van der Waals surface area contributed by atoms with E-state index in [-0.39, 0.29) is 18.0 Å². The van der Waals surface area contributed by atoms with E-state index in [0.717, 1.165) is 42.3 Å². The number of carbonyl (C=O) groups is 1. The predicted octanol–water partition coefficient (Wildman–Crippen LogP) is 3.60. The zero-order valence-electron chi connectivity index (χ0n) is 17.4. The third kappa shape index (κ3) is 4.15. The van der Waals surface area contributed by atoms with E-state index in [4.69, 9.17) is 4.74 Å². The van der Waals surface area contributed by atoms with Crippen LogP contribution in [0.4, 0.5) is 11.4 Å². The molecule has 32 heavy (non-hydrogen) atoms. The van der Waals surface area contributed by atoms with Crippen molar-refractivity contribution in [3.63, 3.8) is 0 Å². The number of nitrogens with zero attached hydrogens (tertiary/aromatic N) is 3. The summed E-state index contributed by atoms with van der Waals surface area (Å²) in [6.45, 7) is 3.00. The van der Waals surface area contributed by atoms with Gasteiger partial charge in [-0.1, -0.05) is 24.3 Å². The Hall–Kier alpha value is -3.49. The first kappa shape index (κ1) is 20.4. The second-order valence-electron chi connectivity index (χ2n) is 7.53. The van der Waals surface area contributed by atoms with E-state index in [9.17, 15) is 9.59 Å². The van der Waals surface area contributed by atoms with Crippen molar-refractivity contribution in [3.05, 3.63) is 76.4 Å². The summed E-state index contributed by atoms with van der Waals surface area (Å²) >= 11 is 1.55. The number of anilines is 2. The number of carbonyl (C=O) groups excluding carboxylic acids is 1. The molecule has 0 aliphatic carbocycles. The molecule has 0 unspecified atom stereocenters. The average Bonchev–Trinajstić information content (AvgIpc) is 3.37. The molecule has 0 atom stereocenters. The number of morpholine rings is 1. The van der Waals surface area contributed by atoms with E-state index >= 15 is 0 Å². The predicted molar refractivity (Wildman–Crippen MR) is 127 cm³/mol. The minimum atomic E-state index is -0.300. The summed E-state index contributed by atoms with van der Waals surface area (Å²) in [5, 5.41) is 10.7. The first-order valence-corrected chi connectivity index (χ1v) is 11.3. The number of hydrogen-bond acceptors (Lipinski definition) is 6. The van der Waals surface area contributed by atoms with Crippen molar-refractivity contribution < 1.29 is 9.53 Å². The van der Waals surface area contributed by atoms with Gasteiger partial charge < -0.3 is 15.0 Å². The van der Waals surface area contributed by atoms with Gasteiger partial charge in [0, 0.05) is 29.9 Å². The molecule has 0 radical (unpaired) electrons. The molecule has 0 bridgehead atoms. The van der Waals surface area contributed by atoms with Gasteiger partial charge in [-0.15, -0.1) is 11.3 Å². The van der Waals surface area contributed by atoms with Gasteiger partial charge in [-0.2, -0.15) is 5.10 Å². The highest BCUT2D eigenvalue weighted by atomic mass is 32.1. The minimum absolute atomic E-state index is 0.159. The molecule has 162 valence electrons. The average molecular weight is 447 g/mol. The van der Waals surface area contributed by atoms with Crippen LogP contribution in [-0.2, 0) is 16.1 Å². The fourth-order valence-electron chi connectivity index (χ4n) is 3.85. The molecule has 1 fully saturated rings. The highest BCUT2D eigenvalue weighted by Gasteiger charge is 2.15. The maximum absolute atomic E-state index is 13.0. The van der Waals surface area contributed by atoms with Gasteiger partial charge >= 0.3 is 0 Å². The van der Waals surface area contributed by atoms with E-state index in [1.807, 2.05) is 60.0 Å². The molecule has 1 aliphatic heterocycles. The van der Waals surface area contributed by atoms with Crippen LogP contribution in [-0.4, -0.2) is 42.0 Å². The number of hydrogen-bond donors (Lipinski definition) is 1. The van der Waals surface area contributed by atoms with E-state index in [2.05, 4.69) is 15.3 Å². The van der Waals surface area contributed by atoms with Gasteiger partial charge in [0.1, 0.15) is 12.2 Å². The monoisotopic (exact) mass is 446 g/mol. The second kappa shape index (κ2) is 8.94. The Balaban J connectivity index is 1.37. The standard InChI is InChI=1S/C24H22N4O3S/c29-22(25-17-7-9-18(10-8-17)27-11-13-31-14-12-27)16-28-24(30)20-5-2-1-4-19(20)23(26-28)21-6-3-15-32-21/h1-10,15H,11-14,16H2,(H,25,29). The lowest BCUT2D eigenvalue weighted by molar-refractivity contribution is -0.117. The third-order valence-electron chi connectivity index (χ3n) is 5.44. The first-order chi connectivity index (χ1) is 15.7. The maximum atomic E-state index is 13.0. The summed E-state index contributed by atoms with van der Waals surface area (Å²) in [7, 11) is 0. The normalized spacial score (nSPS) is 13.9. The Morgan fingerprint density at radius 3 is 2.47 bits per heavy atom. The number of fused-ring (bicyclic) bond motifs is 1. The third-order valence-corrected chi connectivity index (χ3v) is 6.32. The molecule has 8 heteroatoms. The Morgan fingerprint density at radius 2 is 1.75 bits per heavy atom. The van der Waals surface area contributed by atoms with Crippen LogP contribution >= 0.6 is 11.3 Å². The maximum Gasteiger partial charge on any atom is 0.275 e. The smallest absolute Gasteiger partial charge is 0.275 e. The molecule has 1 aliphatic rings. The van der Waals surface area contributed by atoms with E-state index in [0.29, 0.717) is 16.8 Å². The summed E-state index contributed by atoms with van der Waals surface area (Å²) in [5.74, 6) is -0.300. The van der Waals surface area contributed by atoms with Crippen molar-refractivity contribution in [2.45, 2.75) is 6.54 Å². The molecule has 1 N–H and O–H groups in total. The second-order valence-corrected chi connectivity index (χ2v) is 8.48. The Bertz CT molecular complexity index is 1290. The SMILES string of the molecule is O=C(Cn1nc(-c2cccs2)c2ccccc2c1=O)Nc1ccc(N2CCOCC2)cc1. The molecule has 3 heterocycles. The van der Waals surface area contributed by atoms with Gasteiger partial charge in [-0.05, 0) is 41.8 Å². The van der Waals surface area contributed by atoms with Gasteiger partial charge in [-0.3, -0.25) is 9.59 Å². The van der Waals surface area contributed by atoms with Crippen LogP contribution in [0.15, 0.2) is 70.8 Å². The van der Waals surface area contributed by atoms with Crippen LogP contribution in [0.25, 0.3) is 21.3 Å². The largest absolute Gasteiger partial charge is 0.378 e. The van der Waals surface area contributed by atoms with Gasteiger partial charge in [0.25, 0.3) is 5.56 Å². The van der Waals surface area contributed by atoms with Crippen LogP contribution in [0.5, 0.6) is 0 Å². The summed E-state index contributed by atoms with van der Waals surface area (Å²) in [6, 6.07) is 19.0. The number of aromatic nitrogens is 2. The van der Waals surface area contributed by atoms with Crippen LogP contribution in [0, 0.1) is 0 Å². The molecule has 7 nitrogen and oxygen atoms in total. The van der Waals surface area contributed by atoms with Crippen LogP contribution in [0.3, 0.4) is 0 Å². The number of thiophene rings is 1. The van der Waals surface area contributed by atoms with Crippen LogP contribution in [0.2, 0.25) is 0 Å². The first-order valence-electron chi connectivity index (χ1n) is 10.5. The number of nitrogens with one attached hydrogen (secondary N) is 1. The lowest BCUT2D eigenvalue weighted by Crippen LogP contribution is -2.36. The number of amides is 1. The highest BCUT2D eigenvalue weighted by Crippen LogP contribution is 2.28. The molecule has 2 aromatic heterocycles. The van der Waals surface area contributed by atoms with Gasteiger partial charge in [0.2, 0.25) is 5.91 Å². The Morgan fingerprint density at radius 1 is 1.00 bits per heavy atom. The zero-order valence-corrected chi connectivity index (χ0v) is 18.2. The Labute approximate surface area is 188 Å².